The van der Waals surface area contributed by atoms with Crippen molar-refractivity contribution in [3.63, 3.8) is 0 Å². The van der Waals surface area contributed by atoms with Crippen LogP contribution >= 0.6 is 0 Å². The van der Waals surface area contributed by atoms with Gasteiger partial charge in [0.25, 0.3) is 0 Å². The maximum Gasteiger partial charge on any atom is 0.405 e. The summed E-state index contributed by atoms with van der Waals surface area (Å²) in [6.07, 6.45) is 0.579. The molecular weight excluding hydrogens is 328 g/mol. The topological polar surface area (TPSA) is 74.4 Å². The summed E-state index contributed by atoms with van der Waals surface area (Å²) in [6.45, 7) is 4.44. The minimum atomic E-state index is -0.776. The molecule has 0 fully saturated rings. The molecule has 0 spiro atoms. The molecule has 1 aromatic heterocycles. The van der Waals surface area contributed by atoms with Crippen LogP contribution in [0.5, 0.6) is 5.75 Å². The number of carbonyl (C=O) groups is 1. The largest absolute Gasteiger partial charge is 0.492 e. The van der Waals surface area contributed by atoms with Gasteiger partial charge in [-0.15, -0.1) is 0 Å². The number of rotatable bonds is 2. The van der Waals surface area contributed by atoms with Gasteiger partial charge in [0.1, 0.15) is 11.9 Å². The van der Waals surface area contributed by atoms with Gasteiger partial charge in [0.2, 0.25) is 0 Å². The third-order valence-electron chi connectivity index (χ3n) is 4.78. The molecule has 0 saturated carbocycles. The van der Waals surface area contributed by atoms with E-state index < -0.39 is 12.2 Å². The molecule has 5 nitrogen and oxygen atoms in total. The number of fused-ring (bicyclic) bond motifs is 2. The molecule has 0 bridgehead atoms. The van der Waals surface area contributed by atoms with Crippen LogP contribution in [0.15, 0.2) is 54.7 Å². The Hall–Kier alpha value is -3.08. The van der Waals surface area contributed by atoms with Gasteiger partial charge in [-0.1, -0.05) is 38.1 Å². The summed E-state index contributed by atoms with van der Waals surface area (Å²) in [5.74, 6) is 0.722. The van der Waals surface area contributed by atoms with Crippen molar-refractivity contribution in [1.82, 2.24) is 4.98 Å². The van der Waals surface area contributed by atoms with Crippen LogP contribution in [0.25, 0.3) is 22.0 Å². The maximum atomic E-state index is 11.3. The second-order valence-corrected chi connectivity index (χ2v) is 7.26. The Morgan fingerprint density at radius 2 is 1.96 bits per heavy atom. The number of nitrogens with two attached hydrogens (primary N) is 1. The lowest BCUT2D eigenvalue weighted by Gasteiger charge is -2.38. The third-order valence-corrected chi connectivity index (χ3v) is 4.78. The monoisotopic (exact) mass is 348 g/mol. The Morgan fingerprint density at radius 3 is 2.77 bits per heavy atom. The Kier molecular flexibility index (Phi) is 3.80. The van der Waals surface area contributed by atoms with Crippen LogP contribution in [0, 0.1) is 5.41 Å². The number of aromatic nitrogens is 1. The Balaban J connectivity index is 1.75. The van der Waals surface area contributed by atoms with E-state index in [4.69, 9.17) is 15.2 Å². The standard InChI is InChI=1S/C21H20N2O3/c1-21(2)12-25-18-11-14(5-7-16(18)19(21)26-20(22)24)13-6-8-17-15(10-13)4-3-9-23-17/h3-11,19H,12H2,1-2H3,(H2,22,24). The van der Waals surface area contributed by atoms with E-state index in [9.17, 15) is 4.79 Å². The molecule has 2 aromatic carbocycles. The van der Waals surface area contributed by atoms with Crippen LogP contribution in [-0.4, -0.2) is 17.7 Å². The van der Waals surface area contributed by atoms with Gasteiger partial charge in [0, 0.05) is 22.6 Å². The summed E-state index contributed by atoms with van der Waals surface area (Å²) in [7, 11) is 0. The first-order chi connectivity index (χ1) is 12.4. The molecular formula is C21H20N2O3. The van der Waals surface area contributed by atoms with Crippen molar-refractivity contribution in [2.24, 2.45) is 11.1 Å². The molecule has 1 atom stereocenters. The summed E-state index contributed by atoms with van der Waals surface area (Å²) in [5.41, 5.74) is 8.83. The highest BCUT2D eigenvalue weighted by molar-refractivity contribution is 5.84. The molecule has 0 radical (unpaired) electrons. The van der Waals surface area contributed by atoms with E-state index in [1.807, 2.05) is 56.3 Å². The zero-order chi connectivity index (χ0) is 18.3. The molecule has 0 saturated heterocycles. The summed E-state index contributed by atoms with van der Waals surface area (Å²) >= 11 is 0. The second kappa shape index (κ2) is 6.02. The summed E-state index contributed by atoms with van der Waals surface area (Å²) in [4.78, 5) is 15.7. The predicted octanol–water partition coefficient (Wildman–Crippen LogP) is 4.46. The highest BCUT2D eigenvalue weighted by Crippen LogP contribution is 2.46. The Morgan fingerprint density at radius 1 is 1.19 bits per heavy atom. The molecule has 1 aliphatic rings. The van der Waals surface area contributed by atoms with Crippen LogP contribution in [-0.2, 0) is 4.74 Å². The van der Waals surface area contributed by atoms with Crippen molar-refractivity contribution in [3.8, 4) is 16.9 Å². The number of hydrogen-bond acceptors (Lipinski definition) is 4. The number of ether oxygens (including phenoxy) is 2. The van der Waals surface area contributed by atoms with Crippen molar-refractivity contribution in [1.29, 1.82) is 0 Å². The molecule has 2 heterocycles. The highest BCUT2D eigenvalue weighted by Gasteiger charge is 2.40. The van der Waals surface area contributed by atoms with E-state index in [-0.39, 0.29) is 5.41 Å². The number of amides is 1. The fourth-order valence-electron chi connectivity index (χ4n) is 3.41. The summed E-state index contributed by atoms with van der Waals surface area (Å²) in [5, 5.41) is 1.08. The lowest BCUT2D eigenvalue weighted by atomic mass is 9.80. The van der Waals surface area contributed by atoms with Crippen LogP contribution in [0.2, 0.25) is 0 Å². The van der Waals surface area contributed by atoms with E-state index >= 15 is 0 Å². The van der Waals surface area contributed by atoms with Gasteiger partial charge in [0.15, 0.2) is 0 Å². The fourth-order valence-corrected chi connectivity index (χ4v) is 3.41. The van der Waals surface area contributed by atoms with E-state index in [2.05, 4.69) is 11.1 Å². The molecule has 3 aromatic rings. The molecule has 1 aliphatic heterocycles. The van der Waals surface area contributed by atoms with Crippen LogP contribution in [0.3, 0.4) is 0 Å². The second-order valence-electron chi connectivity index (χ2n) is 7.26. The minimum Gasteiger partial charge on any atom is -0.492 e. The lowest BCUT2D eigenvalue weighted by Crippen LogP contribution is -2.37. The van der Waals surface area contributed by atoms with E-state index in [1.165, 1.54) is 0 Å². The minimum absolute atomic E-state index is 0.349. The molecule has 5 heteroatoms. The van der Waals surface area contributed by atoms with Gasteiger partial charge in [-0.2, -0.15) is 0 Å². The number of pyridine rings is 1. The molecule has 0 aliphatic carbocycles. The van der Waals surface area contributed by atoms with Crippen LogP contribution in [0.1, 0.15) is 25.5 Å². The first-order valence-electron chi connectivity index (χ1n) is 8.52. The first kappa shape index (κ1) is 16.4. The quantitative estimate of drug-likeness (QED) is 0.742. The van der Waals surface area contributed by atoms with Gasteiger partial charge in [0.05, 0.1) is 12.1 Å². The highest BCUT2D eigenvalue weighted by atomic mass is 16.6. The number of benzene rings is 2. The normalized spacial score (nSPS) is 18.0. The number of nitrogens with zero attached hydrogens (tertiary/aromatic N) is 1. The van der Waals surface area contributed by atoms with Crippen molar-refractivity contribution >= 4 is 17.0 Å². The van der Waals surface area contributed by atoms with Crippen molar-refractivity contribution in [2.75, 3.05) is 6.61 Å². The fraction of sp³-hybridized carbons (Fsp3) is 0.238. The molecule has 132 valence electrons. The van der Waals surface area contributed by atoms with Gasteiger partial charge in [-0.05, 0) is 35.4 Å². The number of primary amides is 1. The molecule has 26 heavy (non-hydrogen) atoms. The summed E-state index contributed by atoms with van der Waals surface area (Å²) in [6, 6.07) is 16.1. The number of carbonyl (C=O) groups excluding carboxylic acids is 1. The summed E-state index contributed by atoms with van der Waals surface area (Å²) < 4.78 is 11.3. The van der Waals surface area contributed by atoms with Crippen molar-refractivity contribution in [2.45, 2.75) is 20.0 Å². The zero-order valence-electron chi connectivity index (χ0n) is 14.7. The van der Waals surface area contributed by atoms with E-state index in [1.54, 1.807) is 6.20 Å². The molecule has 4 rings (SSSR count). The van der Waals surface area contributed by atoms with Gasteiger partial charge >= 0.3 is 6.09 Å². The third kappa shape index (κ3) is 2.86. The van der Waals surface area contributed by atoms with Crippen molar-refractivity contribution < 1.29 is 14.3 Å². The maximum absolute atomic E-state index is 11.3. The van der Waals surface area contributed by atoms with Crippen molar-refractivity contribution in [3.05, 3.63) is 60.3 Å². The predicted molar refractivity (Wildman–Crippen MR) is 99.9 cm³/mol. The van der Waals surface area contributed by atoms with E-state index in [0.29, 0.717) is 6.61 Å². The van der Waals surface area contributed by atoms with Gasteiger partial charge in [-0.3, -0.25) is 4.98 Å². The van der Waals surface area contributed by atoms with Crippen LogP contribution in [0.4, 0.5) is 4.79 Å². The Bertz CT molecular complexity index is 997. The zero-order valence-corrected chi connectivity index (χ0v) is 14.7. The average molecular weight is 348 g/mol. The average Bonchev–Trinajstić information content (AvgIpc) is 2.63. The smallest absolute Gasteiger partial charge is 0.405 e. The number of hydrogen-bond donors (Lipinski definition) is 1. The van der Waals surface area contributed by atoms with E-state index in [0.717, 1.165) is 33.3 Å². The molecule has 1 unspecified atom stereocenters. The Labute approximate surface area is 151 Å². The SMILES string of the molecule is CC1(C)COc2cc(-c3ccc4ncccc4c3)ccc2C1OC(N)=O. The van der Waals surface area contributed by atoms with Crippen LogP contribution < -0.4 is 10.5 Å². The molecule has 1 amide bonds. The van der Waals surface area contributed by atoms with Gasteiger partial charge in [-0.25, -0.2) is 4.79 Å². The lowest BCUT2D eigenvalue weighted by molar-refractivity contribution is -0.0176. The first-order valence-corrected chi connectivity index (χ1v) is 8.52. The van der Waals surface area contributed by atoms with Gasteiger partial charge < -0.3 is 15.2 Å². The molecule has 2 N–H and O–H groups in total.